The average Bonchev–Trinajstić information content (AvgIpc) is 2.61. The molecule has 1 aromatic carbocycles. The van der Waals surface area contributed by atoms with Gasteiger partial charge in [0.15, 0.2) is 0 Å². The molecule has 150 valence electrons. The summed E-state index contributed by atoms with van der Waals surface area (Å²) < 4.78 is 10.6. The molecule has 0 aromatic heterocycles. The van der Waals surface area contributed by atoms with Crippen LogP contribution in [0, 0.1) is 5.92 Å². The van der Waals surface area contributed by atoms with E-state index in [0.29, 0.717) is 25.4 Å². The van der Waals surface area contributed by atoms with Crippen LogP contribution in [0.5, 0.6) is 5.75 Å². The molecule has 0 radical (unpaired) electrons. The van der Waals surface area contributed by atoms with E-state index in [4.69, 9.17) is 9.47 Å². The summed E-state index contributed by atoms with van der Waals surface area (Å²) in [7, 11) is 3.48. The second kappa shape index (κ2) is 9.11. The van der Waals surface area contributed by atoms with Gasteiger partial charge in [-0.15, -0.1) is 0 Å². The van der Waals surface area contributed by atoms with Crippen molar-refractivity contribution in [2.24, 2.45) is 5.92 Å². The van der Waals surface area contributed by atoms with E-state index in [1.807, 2.05) is 52.1 Å². The Labute approximate surface area is 162 Å². The Morgan fingerprint density at radius 1 is 1.15 bits per heavy atom. The van der Waals surface area contributed by atoms with Gasteiger partial charge in [-0.2, -0.15) is 0 Å². The molecule has 1 aliphatic rings. The molecule has 0 bridgehead atoms. The molecule has 0 aliphatic carbocycles. The molecule has 1 fully saturated rings. The summed E-state index contributed by atoms with van der Waals surface area (Å²) in [5, 5.41) is 0. The van der Waals surface area contributed by atoms with Crippen molar-refractivity contribution in [3.8, 4) is 5.75 Å². The fourth-order valence-corrected chi connectivity index (χ4v) is 3.17. The zero-order chi connectivity index (χ0) is 20.0. The molecule has 2 amide bonds. The van der Waals surface area contributed by atoms with Gasteiger partial charge in [0, 0.05) is 26.7 Å². The minimum Gasteiger partial charge on any atom is -0.497 e. The van der Waals surface area contributed by atoms with Gasteiger partial charge in [0.2, 0.25) is 5.91 Å². The van der Waals surface area contributed by atoms with Gasteiger partial charge in [-0.3, -0.25) is 4.79 Å². The van der Waals surface area contributed by atoms with Crippen LogP contribution in [0.2, 0.25) is 0 Å². The smallest absolute Gasteiger partial charge is 0.410 e. The molecule has 2 rings (SSSR count). The van der Waals surface area contributed by atoms with Gasteiger partial charge in [0.25, 0.3) is 0 Å². The average molecular weight is 376 g/mol. The molecular formula is C21H32N2O4. The number of piperidine rings is 1. The van der Waals surface area contributed by atoms with Crippen LogP contribution < -0.4 is 4.74 Å². The van der Waals surface area contributed by atoms with Crippen LogP contribution in [0.3, 0.4) is 0 Å². The van der Waals surface area contributed by atoms with Crippen molar-refractivity contribution in [1.29, 1.82) is 0 Å². The van der Waals surface area contributed by atoms with Gasteiger partial charge in [0.1, 0.15) is 11.4 Å². The summed E-state index contributed by atoms with van der Waals surface area (Å²) in [4.78, 5) is 28.2. The van der Waals surface area contributed by atoms with E-state index in [0.717, 1.165) is 30.7 Å². The number of likely N-dealkylation sites (N-methyl/N-ethyl adjacent to an activating group) is 1. The molecule has 0 saturated carbocycles. The number of nitrogens with zero attached hydrogens (tertiary/aromatic N) is 2. The maximum Gasteiger partial charge on any atom is 0.410 e. The highest BCUT2D eigenvalue weighted by Gasteiger charge is 2.27. The van der Waals surface area contributed by atoms with Crippen molar-refractivity contribution >= 4 is 12.0 Å². The third-order valence-corrected chi connectivity index (χ3v) is 4.74. The second-order valence-electron chi connectivity index (χ2n) is 8.21. The third-order valence-electron chi connectivity index (χ3n) is 4.74. The molecule has 1 aliphatic heterocycles. The first-order chi connectivity index (χ1) is 12.7. The monoisotopic (exact) mass is 376 g/mol. The number of benzene rings is 1. The van der Waals surface area contributed by atoms with Crippen LogP contribution in [0.4, 0.5) is 4.79 Å². The molecule has 1 heterocycles. The quantitative estimate of drug-likeness (QED) is 0.791. The molecule has 6 heteroatoms. The lowest BCUT2D eigenvalue weighted by atomic mass is 9.96. The Hall–Kier alpha value is -2.24. The van der Waals surface area contributed by atoms with Gasteiger partial charge in [0.05, 0.1) is 13.5 Å². The summed E-state index contributed by atoms with van der Waals surface area (Å²) in [5.74, 6) is 1.31. The molecule has 1 saturated heterocycles. The van der Waals surface area contributed by atoms with Crippen molar-refractivity contribution in [3.05, 3.63) is 29.8 Å². The Morgan fingerprint density at radius 3 is 2.26 bits per heavy atom. The molecule has 6 nitrogen and oxygen atoms in total. The zero-order valence-corrected chi connectivity index (χ0v) is 17.2. The lowest BCUT2D eigenvalue weighted by Crippen LogP contribution is -2.44. The van der Waals surface area contributed by atoms with Crippen molar-refractivity contribution in [2.75, 3.05) is 33.8 Å². The fraction of sp³-hybridized carbons (Fsp3) is 0.619. The molecule has 0 N–H and O–H groups in total. The van der Waals surface area contributed by atoms with Gasteiger partial charge in [-0.25, -0.2) is 4.79 Å². The van der Waals surface area contributed by atoms with E-state index in [1.54, 1.807) is 16.9 Å². The zero-order valence-electron chi connectivity index (χ0n) is 17.2. The van der Waals surface area contributed by atoms with Gasteiger partial charge < -0.3 is 19.3 Å². The van der Waals surface area contributed by atoms with Crippen LogP contribution in [0.25, 0.3) is 0 Å². The number of methoxy groups -OCH3 is 1. The summed E-state index contributed by atoms with van der Waals surface area (Å²) in [6.07, 6.45) is 1.92. The molecular weight excluding hydrogens is 344 g/mol. The summed E-state index contributed by atoms with van der Waals surface area (Å²) >= 11 is 0. The van der Waals surface area contributed by atoms with Crippen molar-refractivity contribution < 1.29 is 19.1 Å². The van der Waals surface area contributed by atoms with Gasteiger partial charge >= 0.3 is 6.09 Å². The topological polar surface area (TPSA) is 59.1 Å². The number of likely N-dealkylation sites (tertiary alicyclic amines) is 1. The van der Waals surface area contributed by atoms with Crippen molar-refractivity contribution in [2.45, 2.75) is 45.6 Å². The first-order valence-electron chi connectivity index (χ1n) is 9.53. The van der Waals surface area contributed by atoms with E-state index in [9.17, 15) is 9.59 Å². The predicted molar refractivity (Wildman–Crippen MR) is 105 cm³/mol. The Morgan fingerprint density at radius 2 is 1.74 bits per heavy atom. The minimum absolute atomic E-state index is 0.106. The first-order valence-corrected chi connectivity index (χ1v) is 9.53. The normalized spacial score (nSPS) is 15.4. The van der Waals surface area contributed by atoms with Crippen LogP contribution >= 0.6 is 0 Å². The van der Waals surface area contributed by atoms with Crippen molar-refractivity contribution in [3.63, 3.8) is 0 Å². The van der Waals surface area contributed by atoms with Crippen LogP contribution in [0.15, 0.2) is 24.3 Å². The molecule has 27 heavy (non-hydrogen) atoms. The number of ether oxygens (including phenoxy) is 2. The standard InChI is InChI=1S/C21H32N2O4/c1-21(2,3)27-20(25)23-12-10-17(11-13-23)15-22(4)19(24)14-16-6-8-18(26-5)9-7-16/h6-9,17H,10-15H2,1-5H3. The number of amides is 2. The number of hydrogen-bond donors (Lipinski definition) is 0. The predicted octanol–water partition coefficient (Wildman–Crippen LogP) is 3.34. The first kappa shape index (κ1) is 21.1. The Bertz CT molecular complexity index is 629. The summed E-state index contributed by atoms with van der Waals surface area (Å²) in [6.45, 7) is 7.71. The SMILES string of the molecule is COc1ccc(CC(=O)N(C)CC2CCN(C(=O)OC(C)(C)C)CC2)cc1. The van der Waals surface area contributed by atoms with E-state index in [-0.39, 0.29) is 12.0 Å². The third kappa shape index (κ3) is 6.77. The maximum atomic E-state index is 12.5. The highest BCUT2D eigenvalue weighted by atomic mass is 16.6. The Balaban J connectivity index is 1.76. The molecule has 0 atom stereocenters. The number of rotatable bonds is 5. The summed E-state index contributed by atoms with van der Waals surface area (Å²) in [5.41, 5.74) is 0.509. The van der Waals surface area contributed by atoms with Gasteiger partial charge in [-0.1, -0.05) is 12.1 Å². The molecule has 0 unspecified atom stereocenters. The maximum absolute atomic E-state index is 12.5. The van der Waals surface area contributed by atoms with E-state index >= 15 is 0 Å². The fourth-order valence-electron chi connectivity index (χ4n) is 3.17. The van der Waals surface area contributed by atoms with E-state index in [2.05, 4.69) is 0 Å². The minimum atomic E-state index is -0.470. The molecule has 1 aromatic rings. The van der Waals surface area contributed by atoms with E-state index < -0.39 is 5.60 Å². The Kier molecular flexibility index (Phi) is 7.11. The number of carbonyl (C=O) groups is 2. The number of carbonyl (C=O) groups excluding carboxylic acids is 2. The van der Waals surface area contributed by atoms with Crippen LogP contribution in [-0.4, -0.2) is 61.2 Å². The van der Waals surface area contributed by atoms with Crippen molar-refractivity contribution in [1.82, 2.24) is 9.80 Å². The van der Waals surface area contributed by atoms with Gasteiger partial charge in [-0.05, 0) is 57.2 Å². The lowest BCUT2D eigenvalue weighted by Gasteiger charge is -2.34. The lowest BCUT2D eigenvalue weighted by molar-refractivity contribution is -0.130. The summed E-state index contributed by atoms with van der Waals surface area (Å²) in [6, 6.07) is 7.58. The van der Waals surface area contributed by atoms with Crippen LogP contribution in [-0.2, 0) is 16.0 Å². The highest BCUT2D eigenvalue weighted by Crippen LogP contribution is 2.21. The molecule has 0 spiro atoms. The highest BCUT2D eigenvalue weighted by molar-refractivity contribution is 5.78. The largest absolute Gasteiger partial charge is 0.497 e. The van der Waals surface area contributed by atoms with E-state index in [1.165, 1.54) is 0 Å². The number of hydrogen-bond acceptors (Lipinski definition) is 4. The second-order valence-corrected chi connectivity index (χ2v) is 8.21. The van der Waals surface area contributed by atoms with Crippen LogP contribution in [0.1, 0.15) is 39.2 Å².